The van der Waals surface area contributed by atoms with Crippen LogP contribution in [0.4, 0.5) is 4.39 Å². The second kappa shape index (κ2) is 12.1. The number of benzene rings is 2. The maximum absolute atomic E-state index is 13.0. The smallest absolute Gasteiger partial charge is 0.338 e. The van der Waals surface area contributed by atoms with Gasteiger partial charge in [0.05, 0.1) is 10.5 Å². The molecule has 0 aromatic heterocycles. The van der Waals surface area contributed by atoms with Gasteiger partial charge in [-0.3, -0.25) is 4.18 Å². The van der Waals surface area contributed by atoms with Gasteiger partial charge in [0.1, 0.15) is 24.8 Å². The van der Waals surface area contributed by atoms with Gasteiger partial charge in [0.2, 0.25) is 0 Å². The third-order valence-corrected chi connectivity index (χ3v) is 5.03. The van der Waals surface area contributed by atoms with E-state index in [9.17, 15) is 22.4 Å². The molecule has 6 nitrogen and oxygen atoms in total. The fourth-order valence-electron chi connectivity index (χ4n) is 2.19. The number of carbonyl (C=O) groups is 2. The molecule has 0 aliphatic carbocycles. The Morgan fingerprint density at radius 1 is 1.07 bits per heavy atom. The zero-order chi connectivity index (χ0) is 21.9. The molecule has 0 fully saturated rings. The molecule has 158 valence electrons. The van der Waals surface area contributed by atoms with Gasteiger partial charge in [-0.1, -0.05) is 31.5 Å². The molecule has 0 saturated heterocycles. The fourth-order valence-corrected chi connectivity index (χ4v) is 3.28. The minimum Gasteiger partial charge on any atom is -0.459 e. The van der Waals surface area contributed by atoms with Crippen LogP contribution in [0.3, 0.4) is 0 Å². The van der Waals surface area contributed by atoms with Crippen LogP contribution in [0.2, 0.25) is 0 Å². The summed E-state index contributed by atoms with van der Waals surface area (Å²) in [7, 11) is -4.20. The molecule has 0 saturated carbocycles. The summed E-state index contributed by atoms with van der Waals surface area (Å²) >= 11 is 0. The molecule has 0 aliphatic heterocycles. The summed E-state index contributed by atoms with van der Waals surface area (Å²) in [5.41, 5.74) is 1.29. The Labute approximate surface area is 170 Å². The van der Waals surface area contributed by atoms with Gasteiger partial charge in [-0.15, -0.1) is 0 Å². The molecule has 2 aromatic carbocycles. The van der Waals surface area contributed by atoms with E-state index >= 15 is 0 Å². The number of hydrogen-bond donors (Lipinski definition) is 0. The van der Waals surface area contributed by atoms with Gasteiger partial charge in [0.15, 0.2) is 0 Å². The normalized spacial score (nSPS) is 11.7. The highest BCUT2D eigenvalue weighted by Crippen LogP contribution is 2.17. The summed E-state index contributed by atoms with van der Waals surface area (Å²) in [6.45, 7) is 5.53. The number of esters is 1. The Kier molecular flexibility index (Phi) is 10.2. The molecule has 8 heteroatoms. The number of ether oxygens (including phenoxy) is 1. The summed E-state index contributed by atoms with van der Waals surface area (Å²) in [6.07, 6.45) is -0.348. The molecule has 0 heterocycles. The lowest BCUT2D eigenvalue weighted by molar-refractivity contribution is -0.108. The lowest BCUT2D eigenvalue weighted by atomic mass is 10.1. The van der Waals surface area contributed by atoms with Crippen LogP contribution < -0.4 is 0 Å². The highest BCUT2D eigenvalue weighted by molar-refractivity contribution is 7.86. The summed E-state index contributed by atoms with van der Waals surface area (Å²) < 4.78 is 47.8. The van der Waals surface area contributed by atoms with Crippen LogP contribution in [-0.4, -0.2) is 33.4 Å². The second-order valence-electron chi connectivity index (χ2n) is 5.83. The molecule has 2 aromatic rings. The van der Waals surface area contributed by atoms with Gasteiger partial charge in [0.25, 0.3) is 10.1 Å². The van der Waals surface area contributed by atoms with E-state index in [4.69, 9.17) is 8.92 Å². The van der Waals surface area contributed by atoms with E-state index in [1.807, 2.05) is 20.8 Å². The van der Waals surface area contributed by atoms with E-state index < -0.39 is 28.0 Å². The molecule has 0 N–H and O–H groups in total. The first-order valence-electron chi connectivity index (χ1n) is 9.18. The lowest BCUT2D eigenvalue weighted by Crippen LogP contribution is -2.25. The monoisotopic (exact) mass is 424 g/mol. The summed E-state index contributed by atoms with van der Waals surface area (Å²) in [4.78, 5) is 22.5. The van der Waals surface area contributed by atoms with Crippen LogP contribution in [0.5, 0.6) is 0 Å². The van der Waals surface area contributed by atoms with Crippen molar-refractivity contribution in [3.8, 4) is 0 Å². The lowest BCUT2D eigenvalue weighted by Gasteiger charge is -2.17. The second-order valence-corrected chi connectivity index (χ2v) is 7.41. The number of rotatable bonds is 9. The molecule has 1 unspecified atom stereocenters. The van der Waals surface area contributed by atoms with Crippen molar-refractivity contribution in [3.05, 3.63) is 65.5 Å². The maximum Gasteiger partial charge on any atom is 0.338 e. The Hall–Kier alpha value is -2.58. The summed E-state index contributed by atoms with van der Waals surface area (Å²) in [5, 5.41) is 0. The topological polar surface area (TPSA) is 86.7 Å². The van der Waals surface area contributed by atoms with Crippen molar-refractivity contribution in [2.24, 2.45) is 0 Å². The SMILES string of the molecule is CC.Cc1ccc(C(=O)OCC(CCC=O)OS(=O)(=O)c2ccc(F)cc2)cc1. The first-order chi connectivity index (χ1) is 13.8. The number of carbonyl (C=O) groups excluding carboxylic acids is 2. The third-order valence-electron chi connectivity index (χ3n) is 3.66. The zero-order valence-electron chi connectivity index (χ0n) is 16.6. The van der Waals surface area contributed by atoms with Gasteiger partial charge in [0, 0.05) is 6.42 Å². The van der Waals surface area contributed by atoms with E-state index in [2.05, 4.69) is 0 Å². The average molecular weight is 424 g/mol. The van der Waals surface area contributed by atoms with Crippen LogP contribution in [0.15, 0.2) is 53.4 Å². The van der Waals surface area contributed by atoms with Gasteiger partial charge in [-0.05, 0) is 49.7 Å². The fraction of sp³-hybridized carbons (Fsp3) is 0.333. The minimum absolute atomic E-state index is 0.0334. The van der Waals surface area contributed by atoms with E-state index in [1.165, 1.54) is 0 Å². The van der Waals surface area contributed by atoms with Crippen molar-refractivity contribution in [1.29, 1.82) is 0 Å². The van der Waals surface area contributed by atoms with Crippen molar-refractivity contribution < 1.29 is 31.3 Å². The standard InChI is InChI=1S/C19H19FO6S.C2H6/c1-14-4-6-15(7-5-14)19(22)25-13-17(3-2-12-21)26-27(23,24)18-10-8-16(20)9-11-18;1-2/h4-12,17H,2-3,13H2,1H3;1-2H3. The largest absolute Gasteiger partial charge is 0.459 e. The number of hydrogen-bond acceptors (Lipinski definition) is 6. The Balaban J connectivity index is 0.00000204. The van der Waals surface area contributed by atoms with Crippen molar-refractivity contribution in [1.82, 2.24) is 0 Å². The molecular formula is C21H25FO6S. The molecular weight excluding hydrogens is 399 g/mol. The Morgan fingerprint density at radius 2 is 1.66 bits per heavy atom. The highest BCUT2D eigenvalue weighted by Gasteiger charge is 2.23. The number of aldehydes is 1. The summed E-state index contributed by atoms with van der Waals surface area (Å²) in [5.74, 6) is -1.22. The van der Waals surface area contributed by atoms with Gasteiger partial charge in [-0.25, -0.2) is 9.18 Å². The predicted molar refractivity (Wildman–Crippen MR) is 107 cm³/mol. The van der Waals surface area contributed by atoms with Gasteiger partial charge < -0.3 is 9.53 Å². The number of aryl methyl sites for hydroxylation is 1. The van der Waals surface area contributed by atoms with E-state index in [-0.39, 0.29) is 24.3 Å². The molecule has 0 bridgehead atoms. The Bertz CT molecular complexity index is 876. The molecule has 29 heavy (non-hydrogen) atoms. The molecule has 2 rings (SSSR count). The van der Waals surface area contributed by atoms with Crippen molar-refractivity contribution in [3.63, 3.8) is 0 Å². The van der Waals surface area contributed by atoms with Crippen LogP contribution in [0.1, 0.15) is 42.6 Å². The minimum atomic E-state index is -4.20. The first kappa shape index (κ1) is 24.5. The van der Waals surface area contributed by atoms with Crippen molar-refractivity contribution >= 4 is 22.4 Å². The van der Waals surface area contributed by atoms with Gasteiger partial charge in [-0.2, -0.15) is 8.42 Å². The highest BCUT2D eigenvalue weighted by atomic mass is 32.2. The molecule has 0 amide bonds. The maximum atomic E-state index is 13.0. The van der Waals surface area contributed by atoms with E-state index in [0.717, 1.165) is 29.8 Å². The molecule has 0 aliphatic rings. The molecule has 0 spiro atoms. The average Bonchev–Trinajstić information content (AvgIpc) is 2.72. The molecule has 0 radical (unpaired) electrons. The van der Waals surface area contributed by atoms with Crippen LogP contribution in [0.25, 0.3) is 0 Å². The predicted octanol–water partition coefficient (Wildman–Crippen LogP) is 4.07. The van der Waals surface area contributed by atoms with Crippen LogP contribution in [-0.2, 0) is 23.8 Å². The summed E-state index contributed by atoms with van der Waals surface area (Å²) in [6, 6.07) is 10.8. The third kappa shape index (κ3) is 8.13. The quantitative estimate of drug-likeness (QED) is 0.343. The van der Waals surface area contributed by atoms with E-state index in [1.54, 1.807) is 24.3 Å². The first-order valence-corrected chi connectivity index (χ1v) is 10.6. The van der Waals surface area contributed by atoms with Crippen molar-refractivity contribution in [2.75, 3.05) is 6.61 Å². The van der Waals surface area contributed by atoms with Crippen LogP contribution in [0, 0.1) is 12.7 Å². The zero-order valence-corrected chi connectivity index (χ0v) is 17.4. The van der Waals surface area contributed by atoms with Crippen molar-refractivity contribution in [2.45, 2.75) is 44.6 Å². The molecule has 1 atom stereocenters. The van der Waals surface area contributed by atoms with Crippen LogP contribution >= 0.6 is 0 Å². The Morgan fingerprint density at radius 3 is 2.21 bits per heavy atom. The van der Waals surface area contributed by atoms with E-state index in [0.29, 0.717) is 11.8 Å². The van der Waals surface area contributed by atoms with Gasteiger partial charge >= 0.3 is 5.97 Å². The number of halogens is 1.